The Morgan fingerprint density at radius 3 is 2.46 bits per heavy atom. The van der Waals surface area contributed by atoms with Crippen molar-refractivity contribution in [2.45, 2.75) is 30.8 Å². The molecule has 0 bridgehead atoms. The average molecular weight is 322 g/mol. The predicted octanol–water partition coefficient (Wildman–Crippen LogP) is 3.53. The number of ether oxygens (including phenoxy) is 3. The second-order valence-electron chi connectivity index (χ2n) is 7.33. The van der Waals surface area contributed by atoms with E-state index in [1.807, 2.05) is 6.07 Å². The number of rotatable bonds is 4. The summed E-state index contributed by atoms with van der Waals surface area (Å²) < 4.78 is 18.7. The maximum absolute atomic E-state index is 6.60. The van der Waals surface area contributed by atoms with Gasteiger partial charge in [-0.1, -0.05) is 60.7 Å². The number of benzene rings is 2. The lowest BCUT2D eigenvalue weighted by atomic mass is 9.79. The topological polar surface area (TPSA) is 31.0 Å². The van der Waals surface area contributed by atoms with Crippen molar-refractivity contribution in [2.24, 2.45) is 11.8 Å². The number of epoxide rings is 1. The van der Waals surface area contributed by atoms with E-state index in [-0.39, 0.29) is 17.3 Å². The van der Waals surface area contributed by atoms with E-state index in [1.165, 1.54) is 11.1 Å². The van der Waals surface area contributed by atoms with Gasteiger partial charge in [0, 0.05) is 11.8 Å². The van der Waals surface area contributed by atoms with Crippen LogP contribution in [0.4, 0.5) is 0 Å². The lowest BCUT2D eigenvalue weighted by Crippen LogP contribution is -2.47. The van der Waals surface area contributed by atoms with Gasteiger partial charge in [-0.2, -0.15) is 0 Å². The van der Waals surface area contributed by atoms with Gasteiger partial charge in [-0.05, 0) is 18.1 Å². The third-order valence-electron chi connectivity index (χ3n) is 6.20. The molecule has 3 aliphatic rings. The maximum Gasteiger partial charge on any atom is 0.149 e. The molecule has 5 atom stereocenters. The van der Waals surface area contributed by atoms with Crippen molar-refractivity contribution >= 4 is 0 Å². The van der Waals surface area contributed by atoms with E-state index >= 15 is 0 Å². The van der Waals surface area contributed by atoms with Crippen molar-refractivity contribution in [2.75, 3.05) is 13.2 Å². The van der Waals surface area contributed by atoms with Gasteiger partial charge in [-0.15, -0.1) is 0 Å². The Hall–Kier alpha value is -1.68. The molecule has 0 aromatic heterocycles. The zero-order valence-electron chi connectivity index (χ0n) is 13.9. The Morgan fingerprint density at radius 2 is 1.71 bits per heavy atom. The average Bonchev–Trinajstić information content (AvgIpc) is 3.14. The first-order valence-electron chi connectivity index (χ1n) is 8.75. The summed E-state index contributed by atoms with van der Waals surface area (Å²) in [7, 11) is 0. The molecule has 3 nitrogen and oxygen atoms in total. The molecular weight excluding hydrogens is 300 g/mol. The highest BCUT2D eigenvalue weighted by Crippen LogP contribution is 2.69. The molecule has 1 saturated carbocycles. The normalized spacial score (nSPS) is 39.5. The summed E-state index contributed by atoms with van der Waals surface area (Å²) in [6.07, 6.45) is 0.216. The summed E-state index contributed by atoms with van der Waals surface area (Å²) in [5, 5.41) is 0. The van der Waals surface area contributed by atoms with E-state index in [0.717, 1.165) is 13.2 Å². The molecule has 1 aliphatic carbocycles. The van der Waals surface area contributed by atoms with E-state index < -0.39 is 0 Å². The van der Waals surface area contributed by atoms with Gasteiger partial charge in [0.1, 0.15) is 17.3 Å². The monoisotopic (exact) mass is 322 g/mol. The summed E-state index contributed by atoms with van der Waals surface area (Å²) in [5.74, 6) is 0.825. The first-order chi connectivity index (χ1) is 11.8. The minimum absolute atomic E-state index is 0.216. The zero-order chi connectivity index (χ0) is 16.2. The quantitative estimate of drug-likeness (QED) is 0.807. The minimum Gasteiger partial charge on any atom is -0.381 e. The zero-order valence-corrected chi connectivity index (χ0v) is 13.9. The number of hydrogen-bond acceptors (Lipinski definition) is 3. The van der Waals surface area contributed by atoms with Crippen LogP contribution in [0.15, 0.2) is 60.7 Å². The number of fused-ring (bicyclic) bond motifs is 3. The highest BCUT2D eigenvalue weighted by molar-refractivity contribution is 5.40. The Balaban J connectivity index is 1.51. The molecule has 0 spiro atoms. The Labute approximate surface area is 142 Å². The van der Waals surface area contributed by atoms with E-state index in [4.69, 9.17) is 14.2 Å². The van der Waals surface area contributed by atoms with Crippen molar-refractivity contribution in [3.63, 3.8) is 0 Å². The molecule has 3 heteroatoms. The van der Waals surface area contributed by atoms with Crippen LogP contribution < -0.4 is 0 Å². The summed E-state index contributed by atoms with van der Waals surface area (Å²) in [5.41, 5.74) is 1.75. The lowest BCUT2D eigenvalue weighted by molar-refractivity contribution is -0.137. The number of hydrogen-bond donors (Lipinski definition) is 0. The second kappa shape index (κ2) is 5.16. The molecule has 0 N–H and O–H groups in total. The van der Waals surface area contributed by atoms with Crippen LogP contribution in [0.3, 0.4) is 0 Å². The summed E-state index contributed by atoms with van der Waals surface area (Å²) >= 11 is 0. The maximum atomic E-state index is 6.60. The van der Waals surface area contributed by atoms with Crippen molar-refractivity contribution in [1.82, 2.24) is 0 Å². The van der Waals surface area contributed by atoms with Gasteiger partial charge in [0.2, 0.25) is 0 Å². The molecular formula is C21H22O3. The third-order valence-corrected chi connectivity index (χ3v) is 6.20. The molecule has 2 saturated heterocycles. The highest BCUT2D eigenvalue weighted by atomic mass is 16.7. The molecule has 124 valence electrons. The first-order valence-corrected chi connectivity index (χ1v) is 8.75. The first kappa shape index (κ1) is 14.6. The van der Waals surface area contributed by atoms with Crippen molar-refractivity contribution in [3.05, 3.63) is 71.8 Å². The van der Waals surface area contributed by atoms with Crippen molar-refractivity contribution in [3.8, 4) is 0 Å². The fraction of sp³-hybridized carbons (Fsp3) is 0.429. The van der Waals surface area contributed by atoms with Crippen molar-refractivity contribution < 1.29 is 14.2 Å². The molecule has 0 unspecified atom stereocenters. The summed E-state index contributed by atoms with van der Waals surface area (Å²) in [6.45, 7) is 4.38. The molecule has 3 fully saturated rings. The van der Waals surface area contributed by atoms with Crippen LogP contribution in [-0.4, -0.2) is 24.9 Å². The largest absolute Gasteiger partial charge is 0.381 e. The van der Waals surface area contributed by atoms with Crippen LogP contribution in [0, 0.1) is 11.8 Å². The fourth-order valence-electron chi connectivity index (χ4n) is 4.89. The van der Waals surface area contributed by atoms with Crippen LogP contribution in [-0.2, 0) is 26.4 Å². The smallest absolute Gasteiger partial charge is 0.149 e. The molecule has 2 heterocycles. The fourth-order valence-corrected chi connectivity index (χ4v) is 4.89. The van der Waals surface area contributed by atoms with Crippen molar-refractivity contribution in [1.29, 1.82) is 0 Å². The van der Waals surface area contributed by atoms with Gasteiger partial charge in [0.05, 0.1) is 19.8 Å². The second-order valence-corrected chi connectivity index (χ2v) is 7.33. The van der Waals surface area contributed by atoms with Crippen LogP contribution in [0.1, 0.15) is 18.1 Å². The Kier molecular flexibility index (Phi) is 3.15. The molecule has 5 rings (SSSR count). The van der Waals surface area contributed by atoms with Gasteiger partial charge in [0.25, 0.3) is 0 Å². The van der Waals surface area contributed by atoms with Gasteiger partial charge in [-0.25, -0.2) is 0 Å². The Morgan fingerprint density at radius 1 is 1.00 bits per heavy atom. The summed E-state index contributed by atoms with van der Waals surface area (Å²) in [6, 6.07) is 20.9. The van der Waals surface area contributed by atoms with E-state index in [1.54, 1.807) is 0 Å². The predicted molar refractivity (Wildman–Crippen MR) is 90.4 cm³/mol. The summed E-state index contributed by atoms with van der Waals surface area (Å²) in [4.78, 5) is 0. The molecule has 2 aromatic carbocycles. The third kappa shape index (κ3) is 1.83. The van der Waals surface area contributed by atoms with Gasteiger partial charge >= 0.3 is 0 Å². The van der Waals surface area contributed by atoms with Crippen LogP contribution >= 0.6 is 0 Å². The standard InChI is InChI=1S/C21H22O3/c1-20(23-12-15-8-4-2-5-9-15)18-14-22-13-17(18)19-21(20,24-19)16-10-6-3-7-11-16/h2-11,17-19H,12-14H2,1H3/t17-,18+,19-,20+,21-/m0/s1. The minimum atomic E-state index is -0.365. The van der Waals surface area contributed by atoms with Crippen LogP contribution in [0.25, 0.3) is 0 Å². The lowest BCUT2D eigenvalue weighted by Gasteiger charge is -2.38. The van der Waals surface area contributed by atoms with E-state index in [9.17, 15) is 0 Å². The molecule has 2 aromatic rings. The van der Waals surface area contributed by atoms with Gasteiger partial charge < -0.3 is 14.2 Å². The van der Waals surface area contributed by atoms with E-state index in [2.05, 4.69) is 61.5 Å². The SMILES string of the molecule is C[C@@]1(OCc2ccccc2)[C@@H]2COC[C@@H]2[C@@H]2O[C@@]21c1ccccc1. The Bertz CT molecular complexity index is 731. The van der Waals surface area contributed by atoms with Gasteiger partial charge in [-0.3, -0.25) is 0 Å². The van der Waals surface area contributed by atoms with Gasteiger partial charge in [0.15, 0.2) is 0 Å². The molecule has 0 radical (unpaired) electrons. The van der Waals surface area contributed by atoms with E-state index in [0.29, 0.717) is 18.4 Å². The van der Waals surface area contributed by atoms with Crippen LogP contribution in [0.2, 0.25) is 0 Å². The highest BCUT2D eigenvalue weighted by Gasteiger charge is 2.81. The molecule has 2 aliphatic heterocycles. The van der Waals surface area contributed by atoms with Crippen LogP contribution in [0.5, 0.6) is 0 Å². The molecule has 24 heavy (non-hydrogen) atoms. The molecule has 0 amide bonds.